The second kappa shape index (κ2) is 9.84. The summed E-state index contributed by atoms with van der Waals surface area (Å²) in [4.78, 5) is 11.4. The number of methoxy groups -OCH3 is 1. The summed E-state index contributed by atoms with van der Waals surface area (Å²) in [6.45, 7) is 3.03. The van der Waals surface area contributed by atoms with Crippen LogP contribution >= 0.6 is 12.4 Å². The summed E-state index contributed by atoms with van der Waals surface area (Å²) in [5.74, 6) is -0.0418. The summed E-state index contributed by atoms with van der Waals surface area (Å²) >= 11 is 0. The number of ether oxygens (including phenoxy) is 2. The maximum absolute atomic E-state index is 11.4. The standard InChI is InChI=1S/C10H20N2O3.ClH/c1-14-5-6-15-8-10(13)12-9-3-2-4-11-7-9;/h9,11H,2-8H2,1H3,(H,12,13);1H/t9-;/m1./s1. The molecule has 0 unspecified atom stereocenters. The molecule has 0 aromatic rings. The Morgan fingerprint density at radius 2 is 2.31 bits per heavy atom. The normalized spacial score (nSPS) is 19.9. The van der Waals surface area contributed by atoms with Crippen molar-refractivity contribution in [3.8, 4) is 0 Å². The number of piperidine rings is 1. The molecule has 0 spiro atoms. The molecule has 5 nitrogen and oxygen atoms in total. The van der Waals surface area contributed by atoms with Gasteiger partial charge in [-0.05, 0) is 19.4 Å². The zero-order valence-corrected chi connectivity index (χ0v) is 10.5. The molecule has 1 aliphatic heterocycles. The fourth-order valence-electron chi connectivity index (χ4n) is 1.55. The molecule has 0 radical (unpaired) electrons. The van der Waals surface area contributed by atoms with Gasteiger partial charge in [-0.15, -0.1) is 12.4 Å². The van der Waals surface area contributed by atoms with Crippen LogP contribution in [0.4, 0.5) is 0 Å². The van der Waals surface area contributed by atoms with Gasteiger partial charge in [-0.25, -0.2) is 0 Å². The lowest BCUT2D eigenvalue weighted by Crippen LogP contribution is -2.46. The molecule has 0 bridgehead atoms. The summed E-state index contributed by atoms with van der Waals surface area (Å²) in [6, 6.07) is 0.261. The van der Waals surface area contributed by atoms with Crippen molar-refractivity contribution in [2.45, 2.75) is 18.9 Å². The van der Waals surface area contributed by atoms with Gasteiger partial charge in [0.1, 0.15) is 6.61 Å². The van der Waals surface area contributed by atoms with E-state index in [9.17, 15) is 4.79 Å². The minimum absolute atomic E-state index is 0. The van der Waals surface area contributed by atoms with Crippen molar-refractivity contribution in [3.05, 3.63) is 0 Å². The molecular formula is C10H21ClN2O3. The minimum atomic E-state index is -0.0418. The Labute approximate surface area is 103 Å². The molecule has 96 valence electrons. The molecule has 1 aliphatic rings. The van der Waals surface area contributed by atoms with Gasteiger partial charge >= 0.3 is 0 Å². The molecule has 0 aromatic carbocycles. The smallest absolute Gasteiger partial charge is 0.246 e. The van der Waals surface area contributed by atoms with Gasteiger partial charge in [0.05, 0.1) is 13.2 Å². The molecule has 1 amide bonds. The Kier molecular flexibility index (Phi) is 9.62. The van der Waals surface area contributed by atoms with Crippen molar-refractivity contribution in [2.24, 2.45) is 0 Å². The molecule has 16 heavy (non-hydrogen) atoms. The van der Waals surface area contributed by atoms with E-state index in [0.29, 0.717) is 13.2 Å². The van der Waals surface area contributed by atoms with Crippen LogP contribution in [0.2, 0.25) is 0 Å². The predicted octanol–water partition coefficient (Wildman–Crippen LogP) is -0.0606. The van der Waals surface area contributed by atoms with Gasteiger partial charge < -0.3 is 20.1 Å². The van der Waals surface area contributed by atoms with E-state index in [1.807, 2.05) is 0 Å². The Morgan fingerprint density at radius 1 is 1.50 bits per heavy atom. The van der Waals surface area contributed by atoms with Crippen LogP contribution in [-0.4, -0.2) is 52.0 Å². The summed E-state index contributed by atoms with van der Waals surface area (Å²) in [7, 11) is 1.61. The highest BCUT2D eigenvalue weighted by atomic mass is 35.5. The minimum Gasteiger partial charge on any atom is -0.382 e. The molecule has 0 saturated carbocycles. The zero-order valence-electron chi connectivity index (χ0n) is 9.66. The molecule has 0 aromatic heterocycles. The van der Waals surface area contributed by atoms with E-state index in [0.717, 1.165) is 25.9 Å². The van der Waals surface area contributed by atoms with E-state index < -0.39 is 0 Å². The average Bonchev–Trinajstić information content (AvgIpc) is 2.26. The SMILES string of the molecule is COCCOCC(=O)N[C@@H]1CCCNC1.Cl. The maximum atomic E-state index is 11.4. The fraction of sp³-hybridized carbons (Fsp3) is 0.900. The highest BCUT2D eigenvalue weighted by molar-refractivity contribution is 5.85. The summed E-state index contributed by atoms with van der Waals surface area (Å²) in [6.07, 6.45) is 2.17. The summed E-state index contributed by atoms with van der Waals surface area (Å²) < 4.78 is 9.93. The second-order valence-electron chi connectivity index (χ2n) is 3.66. The van der Waals surface area contributed by atoms with E-state index >= 15 is 0 Å². The molecule has 2 N–H and O–H groups in total. The average molecular weight is 253 g/mol. The van der Waals surface area contributed by atoms with Crippen LogP contribution < -0.4 is 10.6 Å². The van der Waals surface area contributed by atoms with Gasteiger partial charge in [-0.3, -0.25) is 4.79 Å². The van der Waals surface area contributed by atoms with Gasteiger partial charge in [0.15, 0.2) is 0 Å². The second-order valence-corrected chi connectivity index (χ2v) is 3.66. The van der Waals surface area contributed by atoms with E-state index in [4.69, 9.17) is 9.47 Å². The molecule has 1 atom stereocenters. The predicted molar refractivity (Wildman–Crippen MR) is 64.0 cm³/mol. The number of carbonyl (C=O) groups is 1. The van der Waals surface area contributed by atoms with E-state index in [-0.39, 0.29) is 31.0 Å². The first-order valence-corrected chi connectivity index (χ1v) is 5.39. The lowest BCUT2D eigenvalue weighted by Gasteiger charge is -2.23. The monoisotopic (exact) mass is 252 g/mol. The van der Waals surface area contributed by atoms with Crippen molar-refractivity contribution in [1.82, 2.24) is 10.6 Å². The van der Waals surface area contributed by atoms with E-state index in [1.165, 1.54) is 0 Å². The third-order valence-corrected chi connectivity index (χ3v) is 2.33. The number of hydrogen-bond donors (Lipinski definition) is 2. The van der Waals surface area contributed by atoms with Gasteiger partial charge in [0, 0.05) is 19.7 Å². The Balaban J connectivity index is 0.00000225. The molecule has 6 heteroatoms. The van der Waals surface area contributed by atoms with Crippen LogP contribution in [0.25, 0.3) is 0 Å². The first-order valence-electron chi connectivity index (χ1n) is 5.39. The topological polar surface area (TPSA) is 59.6 Å². The third-order valence-electron chi connectivity index (χ3n) is 2.33. The van der Waals surface area contributed by atoms with E-state index in [2.05, 4.69) is 10.6 Å². The lowest BCUT2D eigenvalue weighted by atomic mass is 10.1. The van der Waals surface area contributed by atoms with Gasteiger partial charge in [0.25, 0.3) is 0 Å². The van der Waals surface area contributed by atoms with Crippen molar-refractivity contribution in [3.63, 3.8) is 0 Å². The fourth-order valence-corrected chi connectivity index (χ4v) is 1.55. The summed E-state index contributed by atoms with van der Waals surface area (Å²) in [5.41, 5.74) is 0. The van der Waals surface area contributed by atoms with Crippen LogP contribution in [0.5, 0.6) is 0 Å². The van der Waals surface area contributed by atoms with Crippen LogP contribution in [0.15, 0.2) is 0 Å². The molecule has 1 fully saturated rings. The highest BCUT2D eigenvalue weighted by Gasteiger charge is 2.14. The molecule has 0 aliphatic carbocycles. The Bertz CT molecular complexity index is 187. The number of hydrogen-bond acceptors (Lipinski definition) is 4. The first kappa shape index (κ1) is 15.6. The number of carbonyl (C=O) groups excluding carboxylic acids is 1. The third kappa shape index (κ3) is 7.00. The van der Waals surface area contributed by atoms with Crippen molar-refractivity contribution < 1.29 is 14.3 Å². The molecule has 1 heterocycles. The van der Waals surface area contributed by atoms with Gasteiger partial charge in [0.2, 0.25) is 5.91 Å². The largest absolute Gasteiger partial charge is 0.382 e. The maximum Gasteiger partial charge on any atom is 0.246 e. The number of rotatable bonds is 6. The van der Waals surface area contributed by atoms with Crippen LogP contribution in [0, 0.1) is 0 Å². The highest BCUT2D eigenvalue weighted by Crippen LogP contribution is 2.00. The molecule has 1 rings (SSSR count). The number of nitrogens with one attached hydrogen (secondary N) is 2. The van der Waals surface area contributed by atoms with Crippen molar-refractivity contribution in [1.29, 1.82) is 0 Å². The zero-order chi connectivity index (χ0) is 10.9. The van der Waals surface area contributed by atoms with Crippen molar-refractivity contribution >= 4 is 18.3 Å². The Morgan fingerprint density at radius 3 is 2.94 bits per heavy atom. The van der Waals surface area contributed by atoms with E-state index in [1.54, 1.807) is 7.11 Å². The van der Waals surface area contributed by atoms with Crippen LogP contribution in [0.3, 0.4) is 0 Å². The van der Waals surface area contributed by atoms with Crippen molar-refractivity contribution in [2.75, 3.05) is 40.0 Å². The van der Waals surface area contributed by atoms with Crippen LogP contribution in [-0.2, 0) is 14.3 Å². The van der Waals surface area contributed by atoms with Crippen LogP contribution in [0.1, 0.15) is 12.8 Å². The quantitative estimate of drug-likeness (QED) is 0.651. The lowest BCUT2D eigenvalue weighted by molar-refractivity contribution is -0.126. The Hall–Kier alpha value is -0.360. The van der Waals surface area contributed by atoms with Gasteiger partial charge in [-0.1, -0.05) is 0 Å². The molecule has 1 saturated heterocycles. The molecular weight excluding hydrogens is 232 g/mol. The number of halogens is 1. The van der Waals surface area contributed by atoms with Gasteiger partial charge in [-0.2, -0.15) is 0 Å². The number of amides is 1. The summed E-state index contributed by atoms with van der Waals surface area (Å²) in [5, 5.41) is 6.17. The first-order chi connectivity index (χ1) is 7.33.